The summed E-state index contributed by atoms with van der Waals surface area (Å²) in [6.07, 6.45) is 6.32. The highest BCUT2D eigenvalue weighted by Gasteiger charge is 2.19. The molecular weight excluding hydrogens is 234 g/mol. The van der Waals surface area contributed by atoms with E-state index < -0.39 is 0 Å². The van der Waals surface area contributed by atoms with Crippen molar-refractivity contribution in [3.63, 3.8) is 0 Å². The molecule has 0 radical (unpaired) electrons. The van der Waals surface area contributed by atoms with Crippen LogP contribution < -0.4 is 5.32 Å². The van der Waals surface area contributed by atoms with E-state index in [4.69, 9.17) is 11.6 Å². The molecule has 0 spiro atoms. The van der Waals surface area contributed by atoms with Crippen molar-refractivity contribution in [1.29, 1.82) is 0 Å². The number of rotatable bonds is 4. The van der Waals surface area contributed by atoms with Crippen molar-refractivity contribution in [1.82, 2.24) is 9.97 Å². The van der Waals surface area contributed by atoms with Crippen LogP contribution >= 0.6 is 11.6 Å². The van der Waals surface area contributed by atoms with Crippen LogP contribution in [0.1, 0.15) is 37.9 Å². The van der Waals surface area contributed by atoms with Gasteiger partial charge in [-0.25, -0.2) is 9.97 Å². The third kappa shape index (κ3) is 2.89. The standard InChI is InChI=1S/C13H20ClN3/c1-9(2)12(7-14)17-13-10-5-3-4-6-11(10)15-8-16-13/h8-9,12H,3-7H2,1-2H3,(H,15,16,17). The van der Waals surface area contributed by atoms with Crippen molar-refractivity contribution in [2.75, 3.05) is 11.2 Å². The summed E-state index contributed by atoms with van der Waals surface area (Å²) in [4.78, 5) is 8.76. The number of anilines is 1. The second-order valence-corrected chi connectivity index (χ2v) is 5.31. The van der Waals surface area contributed by atoms with Crippen LogP contribution in [-0.2, 0) is 12.8 Å². The monoisotopic (exact) mass is 253 g/mol. The molecule has 94 valence electrons. The summed E-state index contributed by atoms with van der Waals surface area (Å²) in [6.45, 7) is 4.35. The third-order valence-corrected chi connectivity index (χ3v) is 3.75. The molecule has 2 rings (SSSR count). The van der Waals surface area contributed by atoms with Gasteiger partial charge in [-0.15, -0.1) is 11.6 Å². The number of aryl methyl sites for hydroxylation is 1. The Hall–Kier alpha value is -0.830. The maximum Gasteiger partial charge on any atom is 0.133 e. The average Bonchev–Trinajstić information content (AvgIpc) is 2.35. The maximum atomic E-state index is 5.99. The zero-order valence-corrected chi connectivity index (χ0v) is 11.3. The minimum absolute atomic E-state index is 0.276. The molecule has 0 saturated carbocycles. The molecule has 0 aliphatic heterocycles. The van der Waals surface area contributed by atoms with Crippen LogP contribution in [0.3, 0.4) is 0 Å². The number of alkyl halides is 1. The number of fused-ring (bicyclic) bond motifs is 1. The molecule has 17 heavy (non-hydrogen) atoms. The third-order valence-electron chi connectivity index (χ3n) is 3.42. The molecule has 0 bridgehead atoms. The predicted molar refractivity (Wildman–Crippen MR) is 71.6 cm³/mol. The maximum absolute atomic E-state index is 5.99. The van der Waals surface area contributed by atoms with Crippen molar-refractivity contribution in [2.24, 2.45) is 5.92 Å². The van der Waals surface area contributed by atoms with Gasteiger partial charge in [0.1, 0.15) is 12.1 Å². The van der Waals surface area contributed by atoms with E-state index in [-0.39, 0.29) is 6.04 Å². The fourth-order valence-electron chi connectivity index (χ4n) is 2.20. The van der Waals surface area contributed by atoms with Gasteiger partial charge in [0, 0.05) is 23.2 Å². The summed E-state index contributed by atoms with van der Waals surface area (Å²) in [5.74, 6) is 2.10. The van der Waals surface area contributed by atoms with Gasteiger partial charge < -0.3 is 5.32 Å². The molecule has 0 saturated heterocycles. The van der Waals surface area contributed by atoms with Gasteiger partial charge in [-0.3, -0.25) is 0 Å². The molecule has 0 amide bonds. The Bertz CT molecular complexity index is 379. The van der Waals surface area contributed by atoms with Crippen molar-refractivity contribution >= 4 is 17.4 Å². The topological polar surface area (TPSA) is 37.8 Å². The van der Waals surface area contributed by atoms with Gasteiger partial charge in [0.25, 0.3) is 0 Å². The van der Waals surface area contributed by atoms with E-state index in [0.29, 0.717) is 11.8 Å². The van der Waals surface area contributed by atoms with Gasteiger partial charge in [0.05, 0.1) is 0 Å². The van der Waals surface area contributed by atoms with Crippen molar-refractivity contribution in [2.45, 2.75) is 45.6 Å². The zero-order valence-electron chi connectivity index (χ0n) is 10.5. The van der Waals surface area contributed by atoms with Gasteiger partial charge in [-0.2, -0.15) is 0 Å². The number of halogens is 1. The SMILES string of the molecule is CC(C)C(CCl)Nc1ncnc2c1CCCC2. The lowest BCUT2D eigenvalue weighted by Crippen LogP contribution is -2.29. The number of nitrogens with zero attached hydrogens (tertiary/aromatic N) is 2. The Labute approximate surface area is 108 Å². The zero-order chi connectivity index (χ0) is 12.3. The normalized spacial score (nSPS) is 16.7. The smallest absolute Gasteiger partial charge is 0.133 e. The lowest BCUT2D eigenvalue weighted by Gasteiger charge is -2.24. The van der Waals surface area contributed by atoms with Crippen molar-refractivity contribution in [3.05, 3.63) is 17.6 Å². The molecule has 1 unspecified atom stereocenters. The van der Waals surface area contributed by atoms with E-state index >= 15 is 0 Å². The van der Waals surface area contributed by atoms with Gasteiger partial charge in [0.2, 0.25) is 0 Å². The van der Waals surface area contributed by atoms with E-state index in [0.717, 1.165) is 18.7 Å². The Kier molecular flexibility index (Phi) is 4.21. The van der Waals surface area contributed by atoms with E-state index in [1.807, 2.05) is 0 Å². The lowest BCUT2D eigenvalue weighted by molar-refractivity contribution is 0.559. The van der Waals surface area contributed by atoms with Gasteiger partial charge in [-0.1, -0.05) is 13.8 Å². The molecule has 0 fully saturated rings. The first-order valence-electron chi connectivity index (χ1n) is 6.37. The van der Waals surface area contributed by atoms with Crippen LogP contribution in [0, 0.1) is 5.92 Å². The quantitative estimate of drug-likeness (QED) is 0.839. The van der Waals surface area contributed by atoms with Crippen LogP contribution in [-0.4, -0.2) is 21.9 Å². The second-order valence-electron chi connectivity index (χ2n) is 5.00. The minimum atomic E-state index is 0.276. The Morgan fingerprint density at radius 3 is 2.76 bits per heavy atom. The summed E-state index contributed by atoms with van der Waals surface area (Å²) in [5.41, 5.74) is 2.51. The number of hydrogen-bond donors (Lipinski definition) is 1. The molecule has 1 atom stereocenters. The number of nitrogens with one attached hydrogen (secondary N) is 1. The number of aromatic nitrogens is 2. The highest BCUT2D eigenvalue weighted by Crippen LogP contribution is 2.25. The predicted octanol–water partition coefficient (Wildman–Crippen LogP) is 3.03. The molecule has 1 heterocycles. The molecule has 0 aromatic carbocycles. The van der Waals surface area contributed by atoms with E-state index in [9.17, 15) is 0 Å². The van der Waals surface area contributed by atoms with Crippen LogP contribution in [0.25, 0.3) is 0 Å². The summed E-state index contributed by atoms with van der Waals surface area (Å²) in [6, 6.07) is 0.276. The van der Waals surface area contributed by atoms with E-state index in [1.54, 1.807) is 6.33 Å². The average molecular weight is 254 g/mol. The Morgan fingerprint density at radius 2 is 2.06 bits per heavy atom. The fourth-order valence-corrected chi connectivity index (χ4v) is 2.64. The first-order chi connectivity index (χ1) is 8.22. The summed E-state index contributed by atoms with van der Waals surface area (Å²) < 4.78 is 0. The second kappa shape index (κ2) is 5.67. The highest BCUT2D eigenvalue weighted by molar-refractivity contribution is 6.18. The number of hydrogen-bond acceptors (Lipinski definition) is 3. The van der Waals surface area contributed by atoms with E-state index in [2.05, 4.69) is 29.1 Å². The molecule has 4 heteroatoms. The van der Waals surface area contributed by atoms with Crippen LogP contribution in [0.2, 0.25) is 0 Å². The minimum Gasteiger partial charge on any atom is -0.366 e. The lowest BCUT2D eigenvalue weighted by atomic mass is 9.96. The van der Waals surface area contributed by atoms with Crippen molar-refractivity contribution in [3.8, 4) is 0 Å². The van der Waals surface area contributed by atoms with Gasteiger partial charge >= 0.3 is 0 Å². The summed E-state index contributed by atoms with van der Waals surface area (Å²) >= 11 is 5.99. The molecule has 3 nitrogen and oxygen atoms in total. The summed E-state index contributed by atoms with van der Waals surface area (Å²) in [5, 5.41) is 3.47. The van der Waals surface area contributed by atoms with Gasteiger partial charge in [0.15, 0.2) is 0 Å². The first kappa shape index (κ1) is 12.6. The highest BCUT2D eigenvalue weighted by atomic mass is 35.5. The Morgan fingerprint density at radius 1 is 1.29 bits per heavy atom. The first-order valence-corrected chi connectivity index (χ1v) is 6.91. The van der Waals surface area contributed by atoms with Crippen LogP contribution in [0.5, 0.6) is 0 Å². The molecule has 1 aromatic heterocycles. The van der Waals surface area contributed by atoms with Crippen LogP contribution in [0.4, 0.5) is 5.82 Å². The molecular formula is C13H20ClN3. The molecule has 1 aliphatic rings. The molecule has 1 aromatic rings. The molecule has 1 N–H and O–H groups in total. The van der Waals surface area contributed by atoms with Gasteiger partial charge in [-0.05, 0) is 31.6 Å². The van der Waals surface area contributed by atoms with Crippen LogP contribution in [0.15, 0.2) is 6.33 Å². The summed E-state index contributed by atoms with van der Waals surface area (Å²) in [7, 11) is 0. The van der Waals surface area contributed by atoms with E-state index in [1.165, 1.54) is 24.1 Å². The van der Waals surface area contributed by atoms with Crippen molar-refractivity contribution < 1.29 is 0 Å². The fraction of sp³-hybridized carbons (Fsp3) is 0.692. The Balaban J connectivity index is 2.20. The molecule has 1 aliphatic carbocycles. The largest absolute Gasteiger partial charge is 0.366 e.